The van der Waals surface area contributed by atoms with Gasteiger partial charge in [-0.15, -0.1) is 0 Å². The molecule has 0 bridgehead atoms. The number of benzene rings is 1. The van der Waals surface area contributed by atoms with Crippen molar-refractivity contribution in [2.75, 3.05) is 19.6 Å². The van der Waals surface area contributed by atoms with Crippen molar-refractivity contribution in [3.63, 3.8) is 0 Å². The van der Waals surface area contributed by atoms with Crippen molar-refractivity contribution in [3.05, 3.63) is 52.8 Å². The van der Waals surface area contributed by atoms with Crippen molar-refractivity contribution >= 4 is 11.9 Å². The first-order valence-electron chi connectivity index (χ1n) is 10.4. The molecular formula is C22H34N6O. The zero-order valence-electron chi connectivity index (χ0n) is 18.1. The van der Waals surface area contributed by atoms with Gasteiger partial charge >= 0.3 is 0 Å². The second-order valence-electron chi connectivity index (χ2n) is 7.08. The molecule has 0 fully saturated rings. The number of nitrogens with zero attached hydrogens (tertiary/aromatic N) is 3. The van der Waals surface area contributed by atoms with Crippen LogP contribution in [0.5, 0.6) is 0 Å². The molecule has 1 amide bonds. The largest absolute Gasteiger partial charge is 0.357 e. The van der Waals surface area contributed by atoms with E-state index >= 15 is 0 Å². The summed E-state index contributed by atoms with van der Waals surface area (Å²) in [6.45, 7) is 11.9. The van der Waals surface area contributed by atoms with Crippen LogP contribution in [0.1, 0.15) is 54.0 Å². The van der Waals surface area contributed by atoms with Gasteiger partial charge in [-0.3, -0.25) is 9.48 Å². The molecule has 1 aromatic heterocycles. The highest BCUT2D eigenvalue weighted by atomic mass is 16.1. The number of aryl methyl sites for hydroxylation is 3. The van der Waals surface area contributed by atoms with Crippen LogP contribution in [0.3, 0.4) is 0 Å². The molecule has 2 aromatic rings. The molecular weight excluding hydrogens is 364 g/mol. The van der Waals surface area contributed by atoms with Crippen LogP contribution in [-0.2, 0) is 13.1 Å². The lowest BCUT2D eigenvalue weighted by molar-refractivity contribution is 0.0953. The molecule has 0 aliphatic heterocycles. The number of hydrogen-bond acceptors (Lipinski definition) is 3. The fourth-order valence-corrected chi connectivity index (χ4v) is 3.00. The minimum atomic E-state index is -0.0353. The Balaban J connectivity index is 1.88. The summed E-state index contributed by atoms with van der Waals surface area (Å²) >= 11 is 0. The van der Waals surface area contributed by atoms with Crippen LogP contribution in [-0.4, -0.2) is 41.3 Å². The summed E-state index contributed by atoms with van der Waals surface area (Å²) in [5.74, 6) is 0.744. The Morgan fingerprint density at radius 1 is 1.10 bits per heavy atom. The predicted molar refractivity (Wildman–Crippen MR) is 118 cm³/mol. The van der Waals surface area contributed by atoms with Crippen molar-refractivity contribution in [1.82, 2.24) is 25.7 Å². The summed E-state index contributed by atoms with van der Waals surface area (Å²) in [4.78, 5) is 16.8. The van der Waals surface area contributed by atoms with E-state index in [-0.39, 0.29) is 5.91 Å². The van der Waals surface area contributed by atoms with E-state index in [1.54, 1.807) is 0 Å². The van der Waals surface area contributed by atoms with Crippen molar-refractivity contribution in [2.24, 2.45) is 4.99 Å². The molecule has 7 heteroatoms. The SMILES string of the molecule is CCCNC(=O)c1cccc(CN=C(NCC)NCCCn2nc(C)cc2C)c1. The number of aliphatic imine (C=N–C) groups is 1. The molecule has 2 rings (SSSR count). The predicted octanol–water partition coefficient (Wildman–Crippen LogP) is 2.79. The van der Waals surface area contributed by atoms with E-state index in [1.807, 2.05) is 49.7 Å². The first kappa shape index (κ1) is 22.5. The van der Waals surface area contributed by atoms with E-state index in [2.05, 4.69) is 39.0 Å². The van der Waals surface area contributed by atoms with E-state index in [4.69, 9.17) is 0 Å². The van der Waals surface area contributed by atoms with Gasteiger partial charge in [-0.1, -0.05) is 19.1 Å². The number of nitrogens with one attached hydrogen (secondary N) is 3. The monoisotopic (exact) mass is 398 g/mol. The molecule has 0 saturated heterocycles. The quantitative estimate of drug-likeness (QED) is 0.326. The standard InChI is InChI=1S/C22H34N6O/c1-5-11-24-21(29)20-10-7-9-19(15-20)16-26-22(23-6-2)25-12-8-13-28-18(4)14-17(3)27-28/h7,9-10,14-15H,5-6,8,11-13,16H2,1-4H3,(H,24,29)(H2,23,25,26). The Morgan fingerprint density at radius 3 is 2.62 bits per heavy atom. The minimum absolute atomic E-state index is 0.0353. The maximum Gasteiger partial charge on any atom is 0.251 e. The van der Waals surface area contributed by atoms with Crippen molar-refractivity contribution in [1.29, 1.82) is 0 Å². The summed E-state index contributed by atoms with van der Waals surface area (Å²) in [6, 6.07) is 9.73. The molecule has 1 heterocycles. The summed E-state index contributed by atoms with van der Waals surface area (Å²) < 4.78 is 2.04. The minimum Gasteiger partial charge on any atom is -0.357 e. The average Bonchev–Trinajstić information content (AvgIpc) is 3.04. The molecule has 0 radical (unpaired) electrons. The van der Waals surface area contributed by atoms with Crippen LogP contribution in [0.15, 0.2) is 35.3 Å². The Bertz CT molecular complexity index is 811. The summed E-state index contributed by atoms with van der Waals surface area (Å²) in [5, 5.41) is 14.0. The third-order valence-electron chi connectivity index (χ3n) is 4.43. The summed E-state index contributed by atoms with van der Waals surface area (Å²) in [6.07, 6.45) is 1.88. The Morgan fingerprint density at radius 2 is 1.93 bits per heavy atom. The topological polar surface area (TPSA) is 83.3 Å². The number of guanidine groups is 1. The van der Waals surface area contributed by atoms with Crippen LogP contribution in [0.25, 0.3) is 0 Å². The van der Waals surface area contributed by atoms with Crippen molar-refractivity contribution < 1.29 is 4.79 Å². The molecule has 7 nitrogen and oxygen atoms in total. The van der Waals surface area contributed by atoms with Gasteiger partial charge in [-0.05, 0) is 57.4 Å². The molecule has 0 aliphatic carbocycles. The molecule has 0 aliphatic rings. The van der Waals surface area contributed by atoms with Gasteiger partial charge in [0.25, 0.3) is 5.91 Å². The van der Waals surface area contributed by atoms with E-state index < -0.39 is 0 Å². The smallest absolute Gasteiger partial charge is 0.251 e. The summed E-state index contributed by atoms with van der Waals surface area (Å²) in [7, 11) is 0. The highest BCUT2D eigenvalue weighted by molar-refractivity contribution is 5.94. The molecule has 0 spiro atoms. The maximum absolute atomic E-state index is 12.1. The average molecular weight is 399 g/mol. The van der Waals surface area contributed by atoms with Gasteiger partial charge in [0, 0.05) is 37.4 Å². The molecule has 29 heavy (non-hydrogen) atoms. The second kappa shape index (κ2) is 11.9. The molecule has 0 saturated carbocycles. The maximum atomic E-state index is 12.1. The number of amides is 1. The zero-order chi connectivity index (χ0) is 21.1. The molecule has 0 atom stereocenters. The second-order valence-corrected chi connectivity index (χ2v) is 7.08. The van der Waals surface area contributed by atoms with Gasteiger partial charge in [-0.2, -0.15) is 5.10 Å². The number of rotatable bonds is 10. The third kappa shape index (κ3) is 7.60. The molecule has 3 N–H and O–H groups in total. The number of carbonyl (C=O) groups is 1. The number of hydrogen-bond donors (Lipinski definition) is 3. The lowest BCUT2D eigenvalue weighted by atomic mass is 10.1. The third-order valence-corrected chi connectivity index (χ3v) is 4.43. The molecule has 1 aromatic carbocycles. The zero-order valence-corrected chi connectivity index (χ0v) is 18.1. The Kier molecular flexibility index (Phi) is 9.21. The molecule has 158 valence electrons. The van der Waals surface area contributed by atoms with E-state index in [1.165, 1.54) is 5.69 Å². The van der Waals surface area contributed by atoms with Gasteiger partial charge in [-0.25, -0.2) is 4.99 Å². The van der Waals surface area contributed by atoms with Crippen molar-refractivity contribution in [3.8, 4) is 0 Å². The van der Waals surface area contributed by atoms with Crippen LogP contribution < -0.4 is 16.0 Å². The van der Waals surface area contributed by atoms with Gasteiger partial charge in [0.15, 0.2) is 5.96 Å². The van der Waals surface area contributed by atoms with E-state index in [0.29, 0.717) is 18.7 Å². The van der Waals surface area contributed by atoms with Crippen LogP contribution in [0, 0.1) is 13.8 Å². The fraction of sp³-hybridized carbons (Fsp3) is 0.500. The van der Waals surface area contributed by atoms with Crippen molar-refractivity contribution in [2.45, 2.75) is 53.6 Å². The van der Waals surface area contributed by atoms with Crippen LogP contribution >= 0.6 is 0 Å². The first-order chi connectivity index (χ1) is 14.0. The highest BCUT2D eigenvalue weighted by Gasteiger charge is 2.06. The Labute approximate surface area is 174 Å². The van der Waals surface area contributed by atoms with Gasteiger partial charge in [0.1, 0.15) is 0 Å². The fourth-order valence-electron chi connectivity index (χ4n) is 3.00. The van der Waals surface area contributed by atoms with Crippen LogP contribution in [0.4, 0.5) is 0 Å². The lowest BCUT2D eigenvalue weighted by Crippen LogP contribution is -2.38. The Hall–Kier alpha value is -2.83. The van der Waals surface area contributed by atoms with E-state index in [0.717, 1.165) is 49.7 Å². The normalized spacial score (nSPS) is 11.4. The molecule has 0 unspecified atom stereocenters. The van der Waals surface area contributed by atoms with Gasteiger partial charge in [0.2, 0.25) is 0 Å². The number of carbonyl (C=O) groups excluding carboxylic acids is 1. The lowest BCUT2D eigenvalue weighted by Gasteiger charge is -2.12. The van der Waals surface area contributed by atoms with Crippen LogP contribution in [0.2, 0.25) is 0 Å². The van der Waals surface area contributed by atoms with Gasteiger partial charge < -0.3 is 16.0 Å². The first-order valence-corrected chi connectivity index (χ1v) is 10.4. The highest BCUT2D eigenvalue weighted by Crippen LogP contribution is 2.07. The number of aromatic nitrogens is 2. The van der Waals surface area contributed by atoms with Gasteiger partial charge in [0.05, 0.1) is 12.2 Å². The summed E-state index contributed by atoms with van der Waals surface area (Å²) in [5.41, 5.74) is 3.92. The van der Waals surface area contributed by atoms with E-state index in [9.17, 15) is 4.79 Å².